The van der Waals surface area contributed by atoms with Crippen molar-refractivity contribution < 1.29 is 9.90 Å². The minimum atomic E-state index is -0.803. The molecule has 3 N–H and O–H groups in total. The maximum Gasteiger partial charge on any atom is 0.319 e. The highest BCUT2D eigenvalue weighted by atomic mass is 35.5. The predicted molar refractivity (Wildman–Crippen MR) is 89.3 cm³/mol. The fourth-order valence-corrected chi connectivity index (χ4v) is 2.26. The molecule has 2 amide bonds. The Balaban J connectivity index is 1.91. The molecule has 0 bridgehead atoms. The van der Waals surface area contributed by atoms with Crippen LogP contribution in [0.4, 0.5) is 10.5 Å². The van der Waals surface area contributed by atoms with Gasteiger partial charge in [0.2, 0.25) is 0 Å². The number of aliphatic hydroxyl groups excluding tert-OH is 1. The fourth-order valence-electron chi connectivity index (χ4n) is 2.06. The number of rotatable bonds is 4. The second kappa shape index (κ2) is 7.29. The number of urea groups is 1. The van der Waals surface area contributed by atoms with Gasteiger partial charge in [0.25, 0.3) is 0 Å². The monoisotopic (exact) mass is 318 g/mol. The van der Waals surface area contributed by atoms with E-state index >= 15 is 0 Å². The van der Waals surface area contributed by atoms with E-state index < -0.39 is 6.10 Å². The Morgan fingerprint density at radius 1 is 1.23 bits per heavy atom. The van der Waals surface area contributed by atoms with Gasteiger partial charge in [-0.05, 0) is 48.7 Å². The first kappa shape index (κ1) is 16.3. The molecule has 0 aliphatic heterocycles. The number of aliphatic hydroxyl groups is 1. The molecule has 0 saturated heterocycles. The number of nitrogens with one attached hydrogen (secondary N) is 2. The maximum atomic E-state index is 11.9. The molecule has 22 heavy (non-hydrogen) atoms. The molecule has 0 aliphatic rings. The lowest BCUT2D eigenvalue weighted by Gasteiger charge is -2.14. The van der Waals surface area contributed by atoms with Gasteiger partial charge in [-0.25, -0.2) is 4.79 Å². The van der Waals surface area contributed by atoms with Crippen molar-refractivity contribution in [1.29, 1.82) is 0 Å². The number of carbonyl (C=O) groups excluding carboxylic acids is 1. The maximum absolute atomic E-state index is 11.9. The predicted octanol–water partition coefficient (Wildman–Crippen LogP) is 3.81. The third-order valence-corrected chi connectivity index (χ3v) is 3.57. The van der Waals surface area contributed by atoms with Crippen LogP contribution >= 0.6 is 11.6 Å². The summed E-state index contributed by atoms with van der Waals surface area (Å²) in [5.41, 5.74) is 3.48. The summed E-state index contributed by atoms with van der Waals surface area (Å²) in [6.45, 7) is 4.00. The minimum absolute atomic E-state index is 0.108. The first-order valence-electron chi connectivity index (χ1n) is 7.01. The van der Waals surface area contributed by atoms with E-state index in [1.54, 1.807) is 24.3 Å². The molecule has 2 aromatic carbocycles. The summed E-state index contributed by atoms with van der Waals surface area (Å²) >= 11 is 5.88. The Kier molecular flexibility index (Phi) is 5.41. The molecule has 0 radical (unpaired) electrons. The van der Waals surface area contributed by atoms with E-state index in [-0.39, 0.29) is 12.6 Å². The Morgan fingerprint density at radius 2 is 2.00 bits per heavy atom. The average molecular weight is 319 g/mol. The van der Waals surface area contributed by atoms with Gasteiger partial charge < -0.3 is 15.7 Å². The average Bonchev–Trinajstić information content (AvgIpc) is 2.48. The highest BCUT2D eigenvalue weighted by Crippen LogP contribution is 2.18. The lowest BCUT2D eigenvalue weighted by molar-refractivity contribution is 0.175. The van der Waals surface area contributed by atoms with Crippen molar-refractivity contribution in [2.75, 3.05) is 11.9 Å². The molecule has 0 aromatic heterocycles. The molecular formula is C17H19ClN2O2. The van der Waals surface area contributed by atoms with Crippen molar-refractivity contribution in [3.63, 3.8) is 0 Å². The van der Waals surface area contributed by atoms with Gasteiger partial charge >= 0.3 is 6.03 Å². The third-order valence-electron chi connectivity index (χ3n) is 3.33. The zero-order valence-electron chi connectivity index (χ0n) is 12.6. The molecule has 1 unspecified atom stereocenters. The van der Waals surface area contributed by atoms with E-state index in [1.165, 1.54) is 0 Å². The van der Waals surface area contributed by atoms with Gasteiger partial charge in [-0.15, -0.1) is 0 Å². The van der Waals surface area contributed by atoms with Gasteiger partial charge in [0.15, 0.2) is 0 Å². The van der Waals surface area contributed by atoms with Crippen LogP contribution in [-0.4, -0.2) is 17.7 Å². The quantitative estimate of drug-likeness (QED) is 0.802. The molecule has 0 saturated carbocycles. The zero-order chi connectivity index (χ0) is 16.1. The summed E-state index contributed by atoms with van der Waals surface area (Å²) in [7, 11) is 0. The van der Waals surface area contributed by atoms with Crippen LogP contribution < -0.4 is 10.6 Å². The van der Waals surface area contributed by atoms with Crippen LogP contribution in [0.2, 0.25) is 5.02 Å². The number of carbonyl (C=O) groups is 1. The van der Waals surface area contributed by atoms with E-state index in [9.17, 15) is 9.90 Å². The summed E-state index contributed by atoms with van der Waals surface area (Å²) in [5.74, 6) is 0. The first-order valence-corrected chi connectivity index (χ1v) is 7.39. The Morgan fingerprint density at radius 3 is 2.73 bits per heavy atom. The summed E-state index contributed by atoms with van der Waals surface area (Å²) in [4.78, 5) is 11.9. The van der Waals surface area contributed by atoms with Gasteiger partial charge in [-0.1, -0.05) is 35.9 Å². The Bertz CT molecular complexity index is 673. The van der Waals surface area contributed by atoms with Crippen LogP contribution in [0.15, 0.2) is 42.5 Å². The molecule has 2 aromatic rings. The summed E-state index contributed by atoms with van der Waals surface area (Å²) in [5, 5.41) is 16.0. The van der Waals surface area contributed by atoms with Gasteiger partial charge in [-0.2, -0.15) is 0 Å². The zero-order valence-corrected chi connectivity index (χ0v) is 13.3. The van der Waals surface area contributed by atoms with Crippen LogP contribution in [0.1, 0.15) is 22.8 Å². The van der Waals surface area contributed by atoms with E-state index in [0.717, 1.165) is 16.8 Å². The lowest BCUT2D eigenvalue weighted by atomic mass is 10.1. The number of aryl methyl sites for hydroxylation is 2. The van der Waals surface area contributed by atoms with Crippen molar-refractivity contribution in [3.05, 3.63) is 64.2 Å². The number of hydrogen-bond donors (Lipinski definition) is 3. The normalized spacial score (nSPS) is 11.8. The van der Waals surface area contributed by atoms with E-state index in [0.29, 0.717) is 10.6 Å². The largest absolute Gasteiger partial charge is 0.387 e. The highest BCUT2D eigenvalue weighted by Gasteiger charge is 2.10. The lowest BCUT2D eigenvalue weighted by Crippen LogP contribution is -2.32. The summed E-state index contributed by atoms with van der Waals surface area (Å²) < 4.78 is 0. The summed E-state index contributed by atoms with van der Waals surface area (Å²) in [6, 6.07) is 12.4. The standard InChI is InChI=1S/C17H19ClN2O2/c1-11-6-7-12(2)15(8-11)20-17(22)19-10-16(21)13-4-3-5-14(18)9-13/h3-9,16,21H,10H2,1-2H3,(H2,19,20,22). The first-order chi connectivity index (χ1) is 10.5. The third kappa shape index (κ3) is 4.48. The fraction of sp³-hybridized carbons (Fsp3) is 0.235. The molecule has 5 heteroatoms. The van der Waals surface area contributed by atoms with Crippen LogP contribution in [0.25, 0.3) is 0 Å². The van der Waals surface area contributed by atoms with E-state index in [4.69, 9.17) is 11.6 Å². The van der Waals surface area contributed by atoms with Gasteiger partial charge in [-0.3, -0.25) is 0 Å². The van der Waals surface area contributed by atoms with Crippen molar-refractivity contribution in [2.24, 2.45) is 0 Å². The van der Waals surface area contributed by atoms with Crippen molar-refractivity contribution in [3.8, 4) is 0 Å². The molecule has 4 nitrogen and oxygen atoms in total. The topological polar surface area (TPSA) is 61.4 Å². The van der Waals surface area contributed by atoms with Crippen LogP contribution in [0.3, 0.4) is 0 Å². The molecule has 0 aliphatic carbocycles. The van der Waals surface area contributed by atoms with Crippen LogP contribution in [0, 0.1) is 13.8 Å². The van der Waals surface area contributed by atoms with Crippen molar-refractivity contribution in [1.82, 2.24) is 5.32 Å². The van der Waals surface area contributed by atoms with E-state index in [1.807, 2.05) is 32.0 Å². The second-order valence-corrected chi connectivity index (χ2v) is 5.66. The van der Waals surface area contributed by atoms with Crippen LogP contribution in [0.5, 0.6) is 0 Å². The van der Waals surface area contributed by atoms with Crippen molar-refractivity contribution in [2.45, 2.75) is 20.0 Å². The molecule has 0 spiro atoms. The number of benzene rings is 2. The molecular weight excluding hydrogens is 300 g/mol. The van der Waals surface area contributed by atoms with Crippen molar-refractivity contribution >= 4 is 23.3 Å². The number of halogens is 1. The van der Waals surface area contributed by atoms with Gasteiger partial charge in [0.05, 0.1) is 6.10 Å². The minimum Gasteiger partial charge on any atom is -0.387 e. The van der Waals surface area contributed by atoms with E-state index in [2.05, 4.69) is 10.6 Å². The van der Waals surface area contributed by atoms with Crippen LogP contribution in [-0.2, 0) is 0 Å². The Hall–Kier alpha value is -2.04. The smallest absolute Gasteiger partial charge is 0.319 e. The molecule has 1 atom stereocenters. The second-order valence-electron chi connectivity index (χ2n) is 5.22. The highest BCUT2D eigenvalue weighted by molar-refractivity contribution is 6.30. The number of hydrogen-bond acceptors (Lipinski definition) is 2. The molecule has 0 fully saturated rings. The molecule has 116 valence electrons. The number of anilines is 1. The molecule has 0 heterocycles. The Labute approximate surface area is 135 Å². The SMILES string of the molecule is Cc1ccc(C)c(NC(=O)NCC(O)c2cccc(Cl)c2)c1. The number of amides is 2. The van der Waals surface area contributed by atoms with Gasteiger partial charge in [0, 0.05) is 17.3 Å². The van der Waals surface area contributed by atoms with Gasteiger partial charge in [0.1, 0.15) is 0 Å². The summed E-state index contributed by atoms with van der Waals surface area (Å²) in [6.07, 6.45) is -0.803. The molecule has 2 rings (SSSR count).